The zero-order valence-electron chi connectivity index (χ0n) is 9.79. The maximum atomic E-state index is 12.6. The predicted molar refractivity (Wildman–Crippen MR) is 60.4 cm³/mol. The van der Waals surface area contributed by atoms with Crippen molar-refractivity contribution in [1.82, 2.24) is 4.90 Å². The van der Waals surface area contributed by atoms with Gasteiger partial charge in [0, 0.05) is 19.1 Å². The third-order valence-corrected chi connectivity index (χ3v) is 3.67. The van der Waals surface area contributed by atoms with E-state index in [0.717, 1.165) is 19.5 Å². The van der Waals surface area contributed by atoms with E-state index in [4.69, 9.17) is 5.73 Å². The third kappa shape index (κ3) is 3.45. The summed E-state index contributed by atoms with van der Waals surface area (Å²) in [7, 11) is 0. The Morgan fingerprint density at radius 1 is 1.29 bits per heavy atom. The quantitative estimate of drug-likeness (QED) is 0.759. The van der Waals surface area contributed by atoms with Crippen molar-refractivity contribution < 1.29 is 13.2 Å². The first-order valence-electron chi connectivity index (χ1n) is 6.18. The van der Waals surface area contributed by atoms with Crippen molar-refractivity contribution in [3.05, 3.63) is 12.2 Å². The highest BCUT2D eigenvalue weighted by molar-refractivity contribution is 5.05. The van der Waals surface area contributed by atoms with Gasteiger partial charge in [-0.25, -0.2) is 0 Å². The molecule has 0 spiro atoms. The maximum absolute atomic E-state index is 12.6. The zero-order chi connectivity index (χ0) is 12.5. The number of piperidine rings is 1. The van der Waals surface area contributed by atoms with Crippen molar-refractivity contribution in [2.24, 2.45) is 17.6 Å². The van der Waals surface area contributed by atoms with Gasteiger partial charge in [-0.2, -0.15) is 13.2 Å². The van der Waals surface area contributed by atoms with Gasteiger partial charge in [0.2, 0.25) is 0 Å². The van der Waals surface area contributed by atoms with Crippen LogP contribution in [0.1, 0.15) is 19.3 Å². The summed E-state index contributed by atoms with van der Waals surface area (Å²) in [6.07, 6.45) is 1.75. The van der Waals surface area contributed by atoms with Crippen molar-refractivity contribution in [3.8, 4) is 0 Å². The van der Waals surface area contributed by atoms with Crippen LogP contribution < -0.4 is 5.73 Å². The van der Waals surface area contributed by atoms with Crippen LogP contribution in [0.4, 0.5) is 13.2 Å². The van der Waals surface area contributed by atoms with Crippen LogP contribution in [0.15, 0.2) is 12.2 Å². The Morgan fingerprint density at radius 3 is 2.65 bits per heavy atom. The molecule has 2 aliphatic rings. The molecule has 2 N–H and O–H groups in total. The number of nitrogens with zero attached hydrogens (tertiary/aromatic N) is 1. The number of rotatable bonds is 2. The number of alkyl halides is 3. The normalized spacial score (nSPS) is 35.4. The molecule has 17 heavy (non-hydrogen) atoms. The van der Waals surface area contributed by atoms with Crippen molar-refractivity contribution in [3.63, 3.8) is 0 Å². The highest BCUT2D eigenvalue weighted by atomic mass is 19.4. The van der Waals surface area contributed by atoms with Gasteiger partial charge in [0.25, 0.3) is 0 Å². The number of nitrogens with two attached hydrogens (primary N) is 1. The van der Waals surface area contributed by atoms with Gasteiger partial charge in [-0.15, -0.1) is 0 Å². The second kappa shape index (κ2) is 4.98. The summed E-state index contributed by atoms with van der Waals surface area (Å²) in [6.45, 7) is 1.66. The fourth-order valence-electron chi connectivity index (χ4n) is 2.76. The van der Waals surface area contributed by atoms with Gasteiger partial charge in [0.15, 0.2) is 0 Å². The first kappa shape index (κ1) is 12.9. The Morgan fingerprint density at radius 2 is 2.06 bits per heavy atom. The van der Waals surface area contributed by atoms with Gasteiger partial charge >= 0.3 is 6.18 Å². The Bertz CT molecular complexity index is 288. The molecule has 1 fully saturated rings. The Labute approximate surface area is 99.6 Å². The van der Waals surface area contributed by atoms with E-state index < -0.39 is 12.1 Å². The highest BCUT2D eigenvalue weighted by Gasteiger charge is 2.41. The lowest BCUT2D eigenvalue weighted by Crippen LogP contribution is -2.43. The molecule has 2 rings (SSSR count). The van der Waals surface area contributed by atoms with Gasteiger partial charge in [-0.05, 0) is 31.7 Å². The van der Waals surface area contributed by atoms with E-state index >= 15 is 0 Å². The van der Waals surface area contributed by atoms with Crippen molar-refractivity contribution in [1.29, 1.82) is 0 Å². The number of hydrogen-bond donors (Lipinski definition) is 1. The molecule has 0 aromatic rings. The molecule has 1 aliphatic heterocycles. The van der Waals surface area contributed by atoms with Crippen molar-refractivity contribution >= 4 is 0 Å². The SMILES string of the molecule is NC1C=CC(CN2CCCC(C(F)(F)F)C2)C1. The summed E-state index contributed by atoms with van der Waals surface area (Å²) in [5, 5.41) is 0. The molecule has 0 bridgehead atoms. The monoisotopic (exact) mass is 248 g/mol. The van der Waals surface area contributed by atoms with Crippen molar-refractivity contribution in [2.45, 2.75) is 31.5 Å². The largest absolute Gasteiger partial charge is 0.393 e. The molecule has 1 aliphatic carbocycles. The Kier molecular flexibility index (Phi) is 3.78. The number of hydrogen-bond acceptors (Lipinski definition) is 2. The maximum Gasteiger partial charge on any atom is 0.393 e. The molecule has 2 nitrogen and oxygen atoms in total. The minimum Gasteiger partial charge on any atom is -0.324 e. The fraction of sp³-hybridized carbons (Fsp3) is 0.833. The minimum atomic E-state index is -4.04. The van der Waals surface area contributed by atoms with E-state index in [-0.39, 0.29) is 19.0 Å². The van der Waals surface area contributed by atoms with Gasteiger partial charge < -0.3 is 10.6 Å². The summed E-state index contributed by atoms with van der Waals surface area (Å²) >= 11 is 0. The van der Waals surface area contributed by atoms with E-state index in [1.54, 1.807) is 0 Å². The molecule has 1 heterocycles. The summed E-state index contributed by atoms with van der Waals surface area (Å²) in [6, 6.07) is 0.0863. The minimum absolute atomic E-state index is 0.0863. The van der Waals surface area contributed by atoms with Crippen molar-refractivity contribution in [2.75, 3.05) is 19.6 Å². The number of halogens is 3. The van der Waals surface area contributed by atoms with Crippen LogP contribution in [-0.2, 0) is 0 Å². The summed E-state index contributed by atoms with van der Waals surface area (Å²) in [5.41, 5.74) is 5.74. The summed E-state index contributed by atoms with van der Waals surface area (Å²) in [5.74, 6) is -0.813. The first-order chi connectivity index (χ1) is 7.95. The standard InChI is InChI=1S/C12H19F3N2/c13-12(14,15)10-2-1-5-17(8-10)7-9-3-4-11(16)6-9/h3-4,9-11H,1-2,5-8,16H2. The molecule has 1 saturated heterocycles. The third-order valence-electron chi connectivity index (χ3n) is 3.67. The average Bonchev–Trinajstić information content (AvgIpc) is 2.63. The lowest BCUT2D eigenvalue weighted by molar-refractivity contribution is -0.186. The smallest absolute Gasteiger partial charge is 0.324 e. The van der Waals surface area contributed by atoms with Gasteiger partial charge in [-0.1, -0.05) is 12.2 Å². The summed E-state index contributed by atoms with van der Waals surface area (Å²) < 4.78 is 37.9. The van der Waals surface area contributed by atoms with Crippen LogP contribution in [0.25, 0.3) is 0 Å². The second-order valence-electron chi connectivity index (χ2n) is 5.18. The molecule has 0 aromatic heterocycles. The molecular weight excluding hydrogens is 229 g/mol. The first-order valence-corrected chi connectivity index (χ1v) is 6.18. The van der Waals surface area contributed by atoms with Crippen LogP contribution >= 0.6 is 0 Å². The second-order valence-corrected chi connectivity index (χ2v) is 5.18. The van der Waals surface area contributed by atoms with E-state index in [0.29, 0.717) is 12.3 Å². The number of likely N-dealkylation sites (tertiary alicyclic amines) is 1. The van der Waals surface area contributed by atoms with Gasteiger partial charge in [-0.3, -0.25) is 0 Å². The highest BCUT2D eigenvalue weighted by Crippen LogP contribution is 2.33. The lowest BCUT2D eigenvalue weighted by atomic mass is 9.96. The molecule has 3 unspecified atom stereocenters. The zero-order valence-corrected chi connectivity index (χ0v) is 9.79. The van der Waals surface area contributed by atoms with Gasteiger partial charge in [0.1, 0.15) is 0 Å². The van der Waals surface area contributed by atoms with Crippen LogP contribution in [0.2, 0.25) is 0 Å². The van der Waals surface area contributed by atoms with E-state index in [1.165, 1.54) is 0 Å². The molecule has 5 heteroatoms. The Balaban J connectivity index is 1.84. The van der Waals surface area contributed by atoms with E-state index in [9.17, 15) is 13.2 Å². The molecule has 3 atom stereocenters. The van der Waals surface area contributed by atoms with Crippen LogP contribution in [0, 0.1) is 11.8 Å². The van der Waals surface area contributed by atoms with Gasteiger partial charge in [0.05, 0.1) is 5.92 Å². The lowest BCUT2D eigenvalue weighted by Gasteiger charge is -2.34. The molecule has 98 valence electrons. The topological polar surface area (TPSA) is 29.3 Å². The van der Waals surface area contributed by atoms with E-state index in [1.807, 2.05) is 17.1 Å². The molecule has 0 radical (unpaired) electrons. The fourth-order valence-corrected chi connectivity index (χ4v) is 2.76. The average molecular weight is 248 g/mol. The van der Waals surface area contributed by atoms with Crippen LogP contribution in [0.3, 0.4) is 0 Å². The molecule has 0 saturated carbocycles. The Hall–Kier alpha value is -0.550. The van der Waals surface area contributed by atoms with Crippen LogP contribution in [0.5, 0.6) is 0 Å². The predicted octanol–water partition coefficient (Wildman–Crippen LogP) is 2.16. The molecule has 0 amide bonds. The summed E-state index contributed by atoms with van der Waals surface area (Å²) in [4.78, 5) is 1.94. The van der Waals surface area contributed by atoms with Crippen LogP contribution in [-0.4, -0.2) is 36.8 Å². The molecule has 0 aromatic carbocycles. The molecular formula is C12H19F3N2. The van der Waals surface area contributed by atoms with E-state index in [2.05, 4.69) is 0 Å².